The van der Waals surface area contributed by atoms with Gasteiger partial charge in [-0.1, -0.05) is 0 Å². The molecule has 1 heterocycles. The maximum atomic E-state index is 9.43. The molecule has 0 spiro atoms. The molecule has 1 aliphatic heterocycles. The molecule has 0 aromatic carbocycles. The second kappa shape index (κ2) is 5.93. The van der Waals surface area contributed by atoms with E-state index in [2.05, 4.69) is 20.3 Å². The van der Waals surface area contributed by atoms with E-state index >= 15 is 0 Å². The summed E-state index contributed by atoms with van der Waals surface area (Å²) in [4.78, 5) is 0. The number of halogens is 1. The lowest BCUT2D eigenvalue weighted by molar-refractivity contribution is -0.277. The maximum Gasteiger partial charge on any atom is 0.527 e. The third kappa shape index (κ3) is 2.78. The van der Waals surface area contributed by atoms with E-state index in [1.165, 1.54) is 0 Å². The summed E-state index contributed by atoms with van der Waals surface area (Å²) in [5.74, 6) is 0. The minimum absolute atomic E-state index is 0.423. The topological polar surface area (TPSA) is 99.4 Å². The standard InChI is InChI=1S/C6H11O6.Al.HI.H/c7-1-2-3(8)4(9)5(10)6(11)12-2;;;/h2-10H,1H2;;1H;/q-1;+2;;/p-1/t2?,3-,4-,5?,6-;;;/m0.../s1. The average Bonchev–Trinajstić information content (AvgIpc) is 2.19. The molecule has 1 saturated heterocycles. The fraction of sp³-hybridized carbons (Fsp3) is 1.00. The van der Waals surface area contributed by atoms with E-state index in [0.29, 0.717) is 0 Å². The first kappa shape index (κ1) is 13.1. The smallest absolute Gasteiger partial charge is 0.470 e. The Morgan fingerprint density at radius 3 is 2.36 bits per heavy atom. The highest BCUT2D eigenvalue weighted by atomic mass is 127. The minimum Gasteiger partial charge on any atom is -0.470 e. The van der Waals surface area contributed by atoms with Crippen LogP contribution in [0.5, 0.6) is 0 Å². The molecule has 8 heteroatoms. The summed E-state index contributed by atoms with van der Waals surface area (Å²) in [6.45, 7) is -0.423. The van der Waals surface area contributed by atoms with Crippen molar-refractivity contribution in [2.75, 3.05) is 6.61 Å². The first-order chi connectivity index (χ1) is 6.61. The number of aliphatic hydroxyl groups is 4. The van der Waals surface area contributed by atoms with Crippen LogP contribution in [0.4, 0.5) is 0 Å². The van der Waals surface area contributed by atoms with Crippen LogP contribution in [-0.2, 0) is 8.53 Å². The molecule has 6 nitrogen and oxygen atoms in total. The molecule has 5 atom stereocenters. The molecule has 14 heavy (non-hydrogen) atoms. The van der Waals surface area contributed by atoms with Crippen molar-refractivity contribution in [2.45, 2.75) is 30.7 Å². The van der Waals surface area contributed by atoms with Gasteiger partial charge in [-0.2, -0.15) is 20.3 Å². The lowest BCUT2D eigenvalue weighted by Crippen LogP contribution is -2.59. The van der Waals surface area contributed by atoms with Gasteiger partial charge < -0.3 is 29.0 Å². The van der Waals surface area contributed by atoms with Gasteiger partial charge in [-0.15, -0.1) is 0 Å². The van der Waals surface area contributed by atoms with E-state index in [0.717, 1.165) is 0 Å². The van der Waals surface area contributed by atoms with E-state index in [4.69, 9.17) is 13.6 Å². The van der Waals surface area contributed by atoms with Crippen LogP contribution in [-0.4, -0.2) is 70.0 Å². The predicted octanol–water partition coefficient (Wildman–Crippen LogP) is -2.50. The van der Waals surface area contributed by atoms with E-state index in [9.17, 15) is 15.3 Å². The zero-order chi connectivity index (χ0) is 10.7. The molecule has 0 aromatic rings. The molecule has 0 aromatic heterocycles. The Kier molecular flexibility index (Phi) is 5.55. The number of aliphatic hydroxyl groups excluding tert-OH is 4. The molecule has 0 aliphatic carbocycles. The third-order valence-electron chi connectivity index (χ3n) is 2.08. The average molecular weight is 334 g/mol. The molecule has 82 valence electrons. The van der Waals surface area contributed by atoms with Gasteiger partial charge in [0.2, 0.25) is 0 Å². The lowest BCUT2D eigenvalue weighted by Gasteiger charge is -2.40. The quantitative estimate of drug-likeness (QED) is 0.337. The van der Waals surface area contributed by atoms with Gasteiger partial charge >= 0.3 is 12.3 Å². The van der Waals surface area contributed by atoms with Gasteiger partial charge in [0, 0.05) is 0 Å². The Balaban J connectivity index is 2.63. The molecular formula is C6H12AlIO6. The molecule has 1 rings (SSSR count). The lowest BCUT2D eigenvalue weighted by atomic mass is 10.00. The number of ether oxygens (including phenoxy) is 1. The van der Waals surface area contributed by atoms with Crippen molar-refractivity contribution in [1.82, 2.24) is 0 Å². The van der Waals surface area contributed by atoms with Crippen LogP contribution in [0, 0.1) is 0 Å². The van der Waals surface area contributed by atoms with Crippen molar-refractivity contribution < 1.29 is 29.0 Å². The first-order valence-electron chi connectivity index (χ1n) is 4.10. The van der Waals surface area contributed by atoms with Gasteiger partial charge in [-0.3, -0.25) is 0 Å². The van der Waals surface area contributed by atoms with Crippen molar-refractivity contribution in [3.63, 3.8) is 0 Å². The summed E-state index contributed by atoms with van der Waals surface area (Å²) in [5.41, 5.74) is 0. The largest absolute Gasteiger partial charge is 0.527 e. The van der Waals surface area contributed by atoms with Gasteiger partial charge in [0.15, 0.2) is 6.29 Å². The van der Waals surface area contributed by atoms with Crippen molar-refractivity contribution in [3.8, 4) is 0 Å². The SMILES string of the molecule is OCC1O[C@H]([O][AlH][I])C(O)[C@@H](O)[C@H]1O. The first-order valence-corrected chi connectivity index (χ1v) is 9.78. The van der Waals surface area contributed by atoms with Gasteiger partial charge in [0.1, 0.15) is 24.4 Å². The van der Waals surface area contributed by atoms with Crippen LogP contribution < -0.4 is 0 Å². The molecule has 0 saturated carbocycles. The van der Waals surface area contributed by atoms with Crippen LogP contribution in [0.1, 0.15) is 0 Å². The Bertz CT molecular complexity index is 180. The summed E-state index contributed by atoms with van der Waals surface area (Å²) >= 11 is 1.23. The van der Waals surface area contributed by atoms with Crippen molar-refractivity contribution in [3.05, 3.63) is 0 Å². The minimum atomic E-state index is -1.34. The van der Waals surface area contributed by atoms with Crippen LogP contribution in [0.15, 0.2) is 0 Å². The highest BCUT2D eigenvalue weighted by Gasteiger charge is 2.43. The summed E-state index contributed by atoms with van der Waals surface area (Å²) in [6, 6.07) is 0. The van der Waals surface area contributed by atoms with Gasteiger partial charge in [0.05, 0.1) is 6.61 Å². The Morgan fingerprint density at radius 2 is 1.86 bits per heavy atom. The Hall–Kier alpha value is 1.02. The molecule has 1 aliphatic rings. The summed E-state index contributed by atoms with van der Waals surface area (Å²) < 4.78 is 10.2. The molecule has 0 bridgehead atoms. The fourth-order valence-electron chi connectivity index (χ4n) is 1.27. The number of hydrogen-bond donors (Lipinski definition) is 4. The van der Waals surface area contributed by atoms with Gasteiger partial charge in [0.25, 0.3) is 0 Å². The molecule has 2 unspecified atom stereocenters. The number of hydrogen-bond acceptors (Lipinski definition) is 6. The van der Waals surface area contributed by atoms with E-state index in [1.54, 1.807) is 0 Å². The third-order valence-corrected chi connectivity index (χ3v) is 3.61. The van der Waals surface area contributed by atoms with Crippen LogP contribution in [0.2, 0.25) is 0 Å². The predicted molar refractivity (Wildman–Crippen MR) is 56.0 cm³/mol. The van der Waals surface area contributed by atoms with Crippen molar-refractivity contribution in [2.24, 2.45) is 0 Å². The molecule has 0 radical (unpaired) electrons. The van der Waals surface area contributed by atoms with Crippen LogP contribution >= 0.6 is 20.3 Å². The van der Waals surface area contributed by atoms with Crippen LogP contribution in [0.3, 0.4) is 0 Å². The van der Waals surface area contributed by atoms with Crippen LogP contribution in [0.25, 0.3) is 0 Å². The highest BCUT2D eigenvalue weighted by molar-refractivity contribution is 14.1. The fourth-order valence-corrected chi connectivity index (χ4v) is 2.73. The second-order valence-corrected chi connectivity index (χ2v) is 5.39. The van der Waals surface area contributed by atoms with Crippen molar-refractivity contribution >= 4 is 32.5 Å². The molecule has 1 fully saturated rings. The zero-order valence-corrected chi connectivity index (χ0v) is 10.9. The molecule has 0 amide bonds. The summed E-state index contributed by atoms with van der Waals surface area (Å²) in [6.07, 6.45) is -5.76. The van der Waals surface area contributed by atoms with E-state index < -0.39 is 49.6 Å². The highest BCUT2D eigenvalue weighted by Crippen LogP contribution is 2.21. The maximum absolute atomic E-state index is 9.43. The van der Waals surface area contributed by atoms with E-state index in [1.807, 2.05) is 0 Å². The zero-order valence-electron chi connectivity index (χ0n) is 7.28. The summed E-state index contributed by atoms with van der Waals surface area (Å²) in [7, 11) is 0. The molecular weight excluding hydrogens is 322 g/mol. The Labute approximate surface area is 98.5 Å². The van der Waals surface area contributed by atoms with Gasteiger partial charge in [-0.05, 0) is 0 Å². The molecule has 4 N–H and O–H groups in total. The Morgan fingerprint density at radius 1 is 1.21 bits per heavy atom. The normalized spacial score (nSPS) is 43.6. The number of rotatable bonds is 3. The monoisotopic (exact) mass is 334 g/mol. The van der Waals surface area contributed by atoms with Crippen molar-refractivity contribution in [1.29, 1.82) is 0 Å². The summed E-state index contributed by atoms with van der Waals surface area (Å²) in [5, 5.41) is 37.0. The van der Waals surface area contributed by atoms with Gasteiger partial charge in [-0.25, -0.2) is 0 Å². The second-order valence-electron chi connectivity index (χ2n) is 2.97. The van der Waals surface area contributed by atoms with E-state index in [-0.39, 0.29) is 0 Å².